The standard InChI is InChI=1S/C20H33N3O.HI/c1-3-21-19(22-15-8-11-18-9-6-5-7-10-18)23-17-20(12-13-20)14-16-24-4-2;/h5-7,9-10H,3-4,8,11-17H2,1-2H3,(H2,21,22,23);1H. The molecule has 0 unspecified atom stereocenters. The van der Waals surface area contributed by atoms with Gasteiger partial charge in [-0.1, -0.05) is 30.3 Å². The van der Waals surface area contributed by atoms with Gasteiger partial charge in [-0.25, -0.2) is 0 Å². The SMILES string of the molecule is CCNC(=NCC1(CCOCC)CC1)NCCCc1ccccc1.I. The van der Waals surface area contributed by atoms with E-state index in [2.05, 4.69) is 54.8 Å². The molecule has 1 aromatic rings. The van der Waals surface area contributed by atoms with Gasteiger partial charge in [0, 0.05) is 32.8 Å². The van der Waals surface area contributed by atoms with Crippen molar-refractivity contribution in [1.29, 1.82) is 0 Å². The quantitative estimate of drug-likeness (QED) is 0.228. The van der Waals surface area contributed by atoms with Crippen LogP contribution >= 0.6 is 24.0 Å². The van der Waals surface area contributed by atoms with Gasteiger partial charge in [0.1, 0.15) is 0 Å². The van der Waals surface area contributed by atoms with E-state index in [1.165, 1.54) is 18.4 Å². The van der Waals surface area contributed by atoms with Gasteiger partial charge < -0.3 is 15.4 Å². The Bertz CT molecular complexity index is 489. The van der Waals surface area contributed by atoms with Crippen LogP contribution in [0.1, 0.15) is 45.1 Å². The molecule has 5 heteroatoms. The van der Waals surface area contributed by atoms with Crippen LogP contribution in [0.3, 0.4) is 0 Å². The molecule has 0 amide bonds. The molecular formula is C20H34IN3O. The van der Waals surface area contributed by atoms with Crippen molar-refractivity contribution in [2.45, 2.75) is 46.0 Å². The smallest absolute Gasteiger partial charge is 0.191 e. The van der Waals surface area contributed by atoms with E-state index in [0.29, 0.717) is 5.41 Å². The Kier molecular flexibility index (Phi) is 11.1. The number of aliphatic imine (C=N–C) groups is 1. The third-order valence-electron chi connectivity index (χ3n) is 4.63. The first-order valence-electron chi connectivity index (χ1n) is 9.42. The van der Waals surface area contributed by atoms with Gasteiger partial charge in [0.2, 0.25) is 0 Å². The van der Waals surface area contributed by atoms with Crippen LogP contribution in [0.5, 0.6) is 0 Å². The summed E-state index contributed by atoms with van der Waals surface area (Å²) in [6, 6.07) is 10.7. The van der Waals surface area contributed by atoms with Crippen LogP contribution in [0, 0.1) is 5.41 Å². The number of halogens is 1. The van der Waals surface area contributed by atoms with Crippen molar-refractivity contribution in [3.05, 3.63) is 35.9 Å². The lowest BCUT2D eigenvalue weighted by Crippen LogP contribution is -2.38. The first-order valence-corrected chi connectivity index (χ1v) is 9.42. The van der Waals surface area contributed by atoms with Gasteiger partial charge in [0.15, 0.2) is 5.96 Å². The second kappa shape index (κ2) is 12.5. The zero-order valence-electron chi connectivity index (χ0n) is 15.7. The van der Waals surface area contributed by atoms with Crippen LogP contribution in [-0.2, 0) is 11.2 Å². The van der Waals surface area contributed by atoms with Crippen LogP contribution < -0.4 is 10.6 Å². The molecule has 0 bridgehead atoms. The van der Waals surface area contributed by atoms with Crippen molar-refractivity contribution >= 4 is 29.9 Å². The monoisotopic (exact) mass is 459 g/mol. The fourth-order valence-electron chi connectivity index (χ4n) is 2.83. The van der Waals surface area contributed by atoms with Crippen LogP contribution in [0.2, 0.25) is 0 Å². The topological polar surface area (TPSA) is 45.7 Å². The summed E-state index contributed by atoms with van der Waals surface area (Å²) in [5, 5.41) is 6.82. The number of nitrogens with one attached hydrogen (secondary N) is 2. The van der Waals surface area contributed by atoms with Crippen LogP contribution in [0.25, 0.3) is 0 Å². The lowest BCUT2D eigenvalue weighted by atomic mass is 10.0. The number of benzene rings is 1. The molecule has 0 radical (unpaired) electrons. The Balaban J connectivity index is 0.00000312. The Morgan fingerprint density at radius 1 is 1.16 bits per heavy atom. The maximum absolute atomic E-state index is 5.51. The number of nitrogens with zero attached hydrogens (tertiary/aromatic N) is 1. The van der Waals surface area contributed by atoms with Gasteiger partial charge in [-0.2, -0.15) is 0 Å². The molecule has 1 aromatic carbocycles. The van der Waals surface area contributed by atoms with Crippen molar-refractivity contribution in [2.75, 3.05) is 32.8 Å². The molecule has 0 saturated heterocycles. The second-order valence-corrected chi connectivity index (χ2v) is 6.66. The summed E-state index contributed by atoms with van der Waals surface area (Å²) in [5.74, 6) is 0.952. The van der Waals surface area contributed by atoms with E-state index in [4.69, 9.17) is 9.73 Å². The number of ether oxygens (including phenoxy) is 1. The van der Waals surface area contributed by atoms with Gasteiger partial charge >= 0.3 is 0 Å². The summed E-state index contributed by atoms with van der Waals surface area (Å²) in [7, 11) is 0. The summed E-state index contributed by atoms with van der Waals surface area (Å²) >= 11 is 0. The highest BCUT2D eigenvalue weighted by molar-refractivity contribution is 14.0. The molecule has 1 saturated carbocycles. The molecule has 1 fully saturated rings. The van der Waals surface area contributed by atoms with Gasteiger partial charge in [0.25, 0.3) is 0 Å². The third kappa shape index (κ3) is 8.90. The maximum atomic E-state index is 5.51. The summed E-state index contributed by atoms with van der Waals surface area (Å²) in [6.45, 7) is 8.61. The molecule has 4 nitrogen and oxygen atoms in total. The minimum atomic E-state index is 0. The minimum Gasteiger partial charge on any atom is -0.382 e. The number of guanidine groups is 1. The molecule has 25 heavy (non-hydrogen) atoms. The molecule has 2 N–H and O–H groups in total. The molecule has 0 aliphatic heterocycles. The van der Waals surface area contributed by atoms with E-state index < -0.39 is 0 Å². The van der Waals surface area contributed by atoms with Crippen LogP contribution in [0.4, 0.5) is 0 Å². The molecule has 1 aliphatic carbocycles. The highest BCUT2D eigenvalue weighted by Gasteiger charge is 2.41. The lowest BCUT2D eigenvalue weighted by Gasteiger charge is -2.15. The van der Waals surface area contributed by atoms with E-state index in [0.717, 1.165) is 58.1 Å². The number of rotatable bonds is 11. The minimum absolute atomic E-state index is 0. The second-order valence-electron chi connectivity index (χ2n) is 6.66. The van der Waals surface area contributed by atoms with Crippen molar-refractivity contribution in [3.8, 4) is 0 Å². The van der Waals surface area contributed by atoms with E-state index in [1.54, 1.807) is 0 Å². The zero-order valence-corrected chi connectivity index (χ0v) is 18.1. The Morgan fingerprint density at radius 2 is 1.92 bits per heavy atom. The molecule has 0 aromatic heterocycles. The number of hydrogen-bond acceptors (Lipinski definition) is 2. The third-order valence-corrected chi connectivity index (χ3v) is 4.63. The lowest BCUT2D eigenvalue weighted by molar-refractivity contribution is 0.129. The fourth-order valence-corrected chi connectivity index (χ4v) is 2.83. The Labute approximate surface area is 170 Å². The number of aryl methyl sites for hydroxylation is 1. The van der Waals surface area contributed by atoms with Crippen molar-refractivity contribution < 1.29 is 4.74 Å². The molecule has 2 rings (SSSR count). The predicted molar refractivity (Wildman–Crippen MR) is 117 cm³/mol. The van der Waals surface area contributed by atoms with Gasteiger partial charge in [-0.05, 0) is 56.9 Å². The van der Waals surface area contributed by atoms with E-state index in [-0.39, 0.29) is 24.0 Å². The summed E-state index contributed by atoms with van der Waals surface area (Å²) in [4.78, 5) is 4.81. The molecule has 0 spiro atoms. The average molecular weight is 459 g/mol. The van der Waals surface area contributed by atoms with E-state index in [1.807, 2.05) is 0 Å². The first-order chi connectivity index (χ1) is 11.8. The molecule has 142 valence electrons. The highest BCUT2D eigenvalue weighted by Crippen LogP contribution is 2.48. The van der Waals surface area contributed by atoms with Gasteiger partial charge in [-0.15, -0.1) is 24.0 Å². The zero-order chi connectivity index (χ0) is 17.1. The first kappa shape index (κ1) is 22.2. The summed E-state index contributed by atoms with van der Waals surface area (Å²) < 4.78 is 5.51. The highest BCUT2D eigenvalue weighted by atomic mass is 127. The average Bonchev–Trinajstić information content (AvgIpc) is 3.38. The Hall–Kier alpha value is -0.820. The maximum Gasteiger partial charge on any atom is 0.191 e. The molecule has 0 atom stereocenters. The van der Waals surface area contributed by atoms with Crippen molar-refractivity contribution in [3.63, 3.8) is 0 Å². The summed E-state index contributed by atoms with van der Waals surface area (Å²) in [6.07, 6.45) is 5.93. The van der Waals surface area contributed by atoms with Crippen molar-refractivity contribution in [2.24, 2.45) is 10.4 Å². The van der Waals surface area contributed by atoms with E-state index >= 15 is 0 Å². The van der Waals surface area contributed by atoms with Gasteiger partial charge in [0.05, 0.1) is 0 Å². The largest absolute Gasteiger partial charge is 0.382 e. The fraction of sp³-hybridized carbons (Fsp3) is 0.650. The number of hydrogen-bond donors (Lipinski definition) is 2. The predicted octanol–water partition coefficient (Wildman–Crippen LogP) is 4.00. The normalized spacial score (nSPS) is 15.4. The molecule has 0 heterocycles. The Morgan fingerprint density at radius 3 is 2.56 bits per heavy atom. The van der Waals surface area contributed by atoms with Crippen LogP contribution in [-0.4, -0.2) is 38.8 Å². The molecule has 1 aliphatic rings. The molecular weight excluding hydrogens is 425 g/mol. The van der Waals surface area contributed by atoms with Crippen molar-refractivity contribution in [1.82, 2.24) is 10.6 Å². The summed E-state index contributed by atoms with van der Waals surface area (Å²) in [5.41, 5.74) is 1.80. The van der Waals surface area contributed by atoms with E-state index in [9.17, 15) is 0 Å². The van der Waals surface area contributed by atoms with Gasteiger partial charge in [-0.3, -0.25) is 4.99 Å². The van der Waals surface area contributed by atoms with Crippen LogP contribution in [0.15, 0.2) is 35.3 Å².